The molecule has 3 rings (SSSR count). The number of hydrogen-bond donors (Lipinski definition) is 5. The van der Waals surface area contributed by atoms with E-state index in [0.717, 1.165) is 16.7 Å². The fraction of sp³-hybridized carbons (Fsp3) is 0.222. The summed E-state index contributed by atoms with van der Waals surface area (Å²) in [7, 11) is 1.31. The molecule has 0 spiro atoms. The van der Waals surface area contributed by atoms with Crippen molar-refractivity contribution >= 4 is 23.7 Å². The maximum Gasteiger partial charge on any atom is 0.490 e. The van der Waals surface area contributed by atoms with E-state index < -0.39 is 30.1 Å². The number of nitrogens with two attached hydrogens (primary N) is 1. The first-order valence-corrected chi connectivity index (χ1v) is 11.6. The number of nitrogen functional groups attached to an aromatic ring is 1. The van der Waals surface area contributed by atoms with Gasteiger partial charge in [-0.25, -0.2) is 4.79 Å². The second kappa shape index (κ2) is 13.7. The first kappa shape index (κ1) is 31.3. The van der Waals surface area contributed by atoms with Crippen LogP contribution in [0.5, 0.6) is 0 Å². The summed E-state index contributed by atoms with van der Waals surface area (Å²) in [6.07, 6.45) is -3.15. The number of nitrogens with one attached hydrogen (secondary N) is 3. The number of H-pyrrole nitrogens is 1. The average molecular weight is 561 g/mol. The summed E-state index contributed by atoms with van der Waals surface area (Å²) in [4.78, 5) is 48.0. The summed E-state index contributed by atoms with van der Waals surface area (Å²) < 4.78 is 36.7. The second-order valence-corrected chi connectivity index (χ2v) is 8.53. The van der Waals surface area contributed by atoms with Crippen LogP contribution in [0.1, 0.15) is 28.4 Å². The van der Waals surface area contributed by atoms with Crippen LogP contribution in [0.15, 0.2) is 71.7 Å². The highest BCUT2D eigenvalue weighted by Crippen LogP contribution is 2.19. The lowest BCUT2D eigenvalue weighted by Gasteiger charge is -2.23. The molecule has 3 aromatic rings. The predicted octanol–water partition coefficient (Wildman–Crippen LogP) is 3.11. The van der Waals surface area contributed by atoms with Crippen molar-refractivity contribution < 1.29 is 37.4 Å². The van der Waals surface area contributed by atoms with E-state index in [1.165, 1.54) is 13.2 Å². The Morgan fingerprint density at radius 1 is 1.05 bits per heavy atom. The Hall–Kier alpha value is -4.94. The largest absolute Gasteiger partial charge is 0.490 e. The maximum atomic E-state index is 12.8. The highest BCUT2D eigenvalue weighted by Gasteiger charge is 2.38. The third-order valence-electron chi connectivity index (χ3n) is 5.67. The third-order valence-corrected chi connectivity index (χ3v) is 5.67. The summed E-state index contributed by atoms with van der Waals surface area (Å²) >= 11 is 0. The molecule has 0 radical (unpaired) electrons. The monoisotopic (exact) mass is 560 g/mol. The first-order valence-electron chi connectivity index (χ1n) is 11.6. The van der Waals surface area contributed by atoms with Crippen molar-refractivity contribution in [3.8, 4) is 11.1 Å². The number of aromatic nitrogens is 1. The van der Waals surface area contributed by atoms with Gasteiger partial charge in [-0.05, 0) is 54.3 Å². The topological polar surface area (TPSA) is 175 Å². The Bertz CT molecular complexity index is 1400. The first-order chi connectivity index (χ1) is 18.7. The number of aromatic amines is 1. The molecule has 0 aliphatic carbocycles. The number of methoxy groups -OCH3 is 1. The molecular weight excluding hydrogens is 533 g/mol. The number of carbonyl (C=O) groups is 3. The number of rotatable bonds is 8. The average Bonchev–Trinajstić information content (AvgIpc) is 2.91. The standard InChI is InChI=1S/C25H26N4O4.C2HF3O2/c1-15(21(25(32)33-2)13-16-4-3-5-19(12-16)23(26)27)29-24(31)18-8-6-17(7-9-18)20-10-11-22(30)28-14-20;3-2(4,5)1(6)7/h3-12,14-15,21H,13H2,1-2H3,(H3,26,27)(H,28,30)(H,29,31);(H,6,7). The summed E-state index contributed by atoms with van der Waals surface area (Å²) in [6.45, 7) is 1.75. The molecular formula is C27H27F3N4O6. The van der Waals surface area contributed by atoms with Gasteiger partial charge in [0, 0.05) is 29.4 Å². The van der Waals surface area contributed by atoms with Gasteiger partial charge in [0.1, 0.15) is 5.84 Å². The van der Waals surface area contributed by atoms with Crippen molar-refractivity contribution in [3.05, 3.63) is 93.9 Å². The molecule has 0 aliphatic rings. The number of carboxylic acid groups (broad SMARTS) is 1. The number of benzene rings is 2. The summed E-state index contributed by atoms with van der Waals surface area (Å²) in [5.74, 6) is -4.20. The van der Waals surface area contributed by atoms with Crippen LogP contribution in [-0.4, -0.2) is 53.1 Å². The summed E-state index contributed by atoms with van der Waals surface area (Å²) in [5.41, 5.74) is 8.88. The number of halogens is 3. The van der Waals surface area contributed by atoms with Gasteiger partial charge in [0.15, 0.2) is 0 Å². The minimum atomic E-state index is -5.08. The highest BCUT2D eigenvalue weighted by molar-refractivity contribution is 5.95. The molecule has 13 heteroatoms. The number of ether oxygens (including phenoxy) is 1. The normalized spacial score (nSPS) is 12.2. The molecule has 1 aromatic heterocycles. The van der Waals surface area contributed by atoms with Gasteiger partial charge in [0.25, 0.3) is 5.91 Å². The number of hydrogen-bond acceptors (Lipinski definition) is 6. The zero-order valence-electron chi connectivity index (χ0n) is 21.4. The summed E-state index contributed by atoms with van der Waals surface area (Å²) in [6, 6.07) is 16.7. The number of amidine groups is 1. The van der Waals surface area contributed by atoms with Gasteiger partial charge in [-0.3, -0.25) is 19.8 Å². The molecule has 10 nitrogen and oxygen atoms in total. The van der Waals surface area contributed by atoms with Gasteiger partial charge in [0.2, 0.25) is 5.56 Å². The van der Waals surface area contributed by atoms with Crippen LogP contribution >= 0.6 is 0 Å². The molecule has 0 saturated heterocycles. The smallest absolute Gasteiger partial charge is 0.475 e. The Morgan fingerprint density at radius 2 is 1.65 bits per heavy atom. The van der Waals surface area contributed by atoms with Gasteiger partial charge >= 0.3 is 18.1 Å². The number of aliphatic carboxylic acids is 1. The number of esters is 1. The fourth-order valence-corrected chi connectivity index (χ4v) is 3.53. The highest BCUT2D eigenvalue weighted by atomic mass is 19.4. The Labute approximate surface area is 226 Å². The van der Waals surface area contributed by atoms with E-state index in [1.54, 1.807) is 61.7 Å². The number of alkyl halides is 3. The van der Waals surface area contributed by atoms with Crippen LogP contribution in [0.4, 0.5) is 13.2 Å². The predicted molar refractivity (Wildman–Crippen MR) is 140 cm³/mol. The molecule has 40 heavy (non-hydrogen) atoms. The zero-order valence-corrected chi connectivity index (χ0v) is 21.4. The van der Waals surface area contributed by atoms with E-state index in [2.05, 4.69) is 10.3 Å². The number of pyridine rings is 1. The number of carboxylic acids is 1. The Kier molecular flexibility index (Phi) is 10.7. The van der Waals surface area contributed by atoms with Crippen molar-refractivity contribution in [2.24, 2.45) is 11.7 Å². The van der Waals surface area contributed by atoms with Crippen molar-refractivity contribution in [1.82, 2.24) is 10.3 Å². The van der Waals surface area contributed by atoms with Crippen LogP contribution in [-0.2, 0) is 20.7 Å². The lowest BCUT2D eigenvalue weighted by molar-refractivity contribution is -0.192. The Morgan fingerprint density at radius 3 is 2.15 bits per heavy atom. The number of amides is 1. The minimum absolute atomic E-state index is 0.0573. The van der Waals surface area contributed by atoms with E-state index in [-0.39, 0.29) is 17.3 Å². The molecule has 0 saturated carbocycles. The lowest BCUT2D eigenvalue weighted by atomic mass is 9.92. The molecule has 2 aromatic carbocycles. The van der Waals surface area contributed by atoms with Gasteiger partial charge in [0.05, 0.1) is 13.0 Å². The van der Waals surface area contributed by atoms with Crippen LogP contribution < -0.4 is 16.6 Å². The molecule has 212 valence electrons. The van der Waals surface area contributed by atoms with Crippen LogP contribution in [0, 0.1) is 11.3 Å². The van der Waals surface area contributed by atoms with Gasteiger partial charge in [-0.2, -0.15) is 13.2 Å². The zero-order chi connectivity index (χ0) is 30.0. The van der Waals surface area contributed by atoms with Gasteiger partial charge < -0.3 is 25.9 Å². The molecule has 1 heterocycles. The maximum absolute atomic E-state index is 12.8. The van der Waals surface area contributed by atoms with Gasteiger partial charge in [-0.15, -0.1) is 0 Å². The molecule has 6 N–H and O–H groups in total. The molecule has 1 amide bonds. The van der Waals surface area contributed by atoms with E-state index in [9.17, 15) is 27.6 Å². The molecule has 0 bridgehead atoms. The fourth-order valence-electron chi connectivity index (χ4n) is 3.53. The number of carbonyl (C=O) groups excluding carboxylic acids is 2. The lowest BCUT2D eigenvalue weighted by Crippen LogP contribution is -2.42. The molecule has 2 unspecified atom stereocenters. The minimum Gasteiger partial charge on any atom is -0.475 e. The second-order valence-electron chi connectivity index (χ2n) is 8.53. The van der Waals surface area contributed by atoms with Crippen molar-refractivity contribution in [1.29, 1.82) is 5.41 Å². The van der Waals surface area contributed by atoms with Crippen LogP contribution in [0.25, 0.3) is 11.1 Å². The van der Waals surface area contributed by atoms with Crippen LogP contribution in [0.2, 0.25) is 0 Å². The third kappa shape index (κ3) is 9.11. The summed E-state index contributed by atoms with van der Waals surface area (Å²) in [5, 5.41) is 17.6. The van der Waals surface area contributed by atoms with E-state index in [0.29, 0.717) is 17.5 Å². The molecule has 0 fully saturated rings. The molecule has 0 aliphatic heterocycles. The van der Waals surface area contributed by atoms with Crippen molar-refractivity contribution in [2.75, 3.05) is 7.11 Å². The van der Waals surface area contributed by atoms with Crippen LogP contribution in [0.3, 0.4) is 0 Å². The van der Waals surface area contributed by atoms with Crippen molar-refractivity contribution in [3.63, 3.8) is 0 Å². The van der Waals surface area contributed by atoms with E-state index >= 15 is 0 Å². The quantitative estimate of drug-likeness (QED) is 0.160. The van der Waals surface area contributed by atoms with E-state index in [4.69, 9.17) is 25.8 Å². The Balaban J connectivity index is 0.000000708. The molecule has 2 atom stereocenters. The van der Waals surface area contributed by atoms with Gasteiger partial charge in [-0.1, -0.05) is 30.3 Å². The van der Waals surface area contributed by atoms with E-state index in [1.807, 2.05) is 6.07 Å². The van der Waals surface area contributed by atoms with Crippen molar-refractivity contribution in [2.45, 2.75) is 25.6 Å². The SMILES string of the molecule is COC(=O)C(Cc1cccc(C(=N)N)c1)C(C)NC(=O)c1ccc(-c2ccc(=O)[nH]c2)cc1.O=C(O)C(F)(F)F.